The molecule has 0 aliphatic heterocycles. The summed E-state index contributed by atoms with van der Waals surface area (Å²) in [6, 6.07) is 0. The van der Waals surface area contributed by atoms with Crippen LogP contribution in [0, 0.1) is 40.4 Å². The van der Waals surface area contributed by atoms with Crippen molar-refractivity contribution in [1.29, 1.82) is 0 Å². The minimum Gasteiger partial charge on any atom is -0.481 e. The Morgan fingerprint density at radius 3 is 2.52 bits per heavy atom. The predicted molar refractivity (Wildman–Crippen MR) is 112 cm³/mol. The molecule has 2 N–H and O–H groups in total. The van der Waals surface area contributed by atoms with Gasteiger partial charge in [0, 0.05) is 12.8 Å². The molecule has 31 heavy (non-hydrogen) atoms. The van der Waals surface area contributed by atoms with Crippen LogP contribution in [0.4, 0.5) is 13.2 Å². The topological polar surface area (TPSA) is 57.5 Å². The van der Waals surface area contributed by atoms with Gasteiger partial charge >= 0.3 is 12.1 Å². The van der Waals surface area contributed by atoms with E-state index in [4.69, 9.17) is 5.11 Å². The molecule has 6 heteroatoms. The number of rotatable bonds is 4. The van der Waals surface area contributed by atoms with Crippen molar-refractivity contribution in [2.75, 3.05) is 0 Å². The predicted octanol–water partition coefficient (Wildman–Crippen LogP) is 6.36. The normalized spacial score (nSPS) is 45.8. The third-order valence-corrected chi connectivity index (χ3v) is 10.3. The molecule has 3 fully saturated rings. The van der Waals surface area contributed by atoms with Crippen LogP contribution in [0.1, 0.15) is 85.0 Å². The third-order valence-electron chi connectivity index (χ3n) is 10.3. The highest BCUT2D eigenvalue weighted by Crippen LogP contribution is 2.68. The van der Waals surface area contributed by atoms with Crippen molar-refractivity contribution < 1.29 is 28.2 Å². The summed E-state index contributed by atoms with van der Waals surface area (Å²) in [7, 11) is 0. The van der Waals surface area contributed by atoms with Gasteiger partial charge in [-0.2, -0.15) is 13.2 Å². The van der Waals surface area contributed by atoms with E-state index in [-0.39, 0.29) is 30.1 Å². The molecule has 0 radical (unpaired) electrons. The van der Waals surface area contributed by atoms with E-state index >= 15 is 0 Å². The molecule has 0 spiro atoms. The Bertz CT molecular complexity index is 762. The molecular formula is C25H37F3O3. The summed E-state index contributed by atoms with van der Waals surface area (Å²) >= 11 is 0. The van der Waals surface area contributed by atoms with Crippen molar-refractivity contribution >= 4 is 5.97 Å². The van der Waals surface area contributed by atoms with Crippen LogP contribution in [0.15, 0.2) is 11.6 Å². The molecule has 4 aliphatic carbocycles. The van der Waals surface area contributed by atoms with Crippen molar-refractivity contribution in [3.63, 3.8) is 0 Å². The number of halogens is 3. The van der Waals surface area contributed by atoms with Crippen molar-refractivity contribution in [3.8, 4) is 0 Å². The molecule has 0 bridgehead atoms. The number of carboxylic acids is 1. The zero-order valence-electron chi connectivity index (χ0n) is 19.0. The first-order valence-corrected chi connectivity index (χ1v) is 12.0. The number of aliphatic carboxylic acids is 1. The van der Waals surface area contributed by atoms with Crippen LogP contribution in [0.2, 0.25) is 0 Å². The molecule has 0 heterocycles. The van der Waals surface area contributed by atoms with Crippen molar-refractivity contribution in [1.82, 2.24) is 0 Å². The molecular weight excluding hydrogens is 405 g/mol. The first kappa shape index (κ1) is 23.1. The highest BCUT2D eigenvalue weighted by Gasteiger charge is 2.63. The van der Waals surface area contributed by atoms with Crippen LogP contribution in [-0.4, -0.2) is 28.0 Å². The van der Waals surface area contributed by atoms with Gasteiger partial charge in [0.25, 0.3) is 0 Å². The monoisotopic (exact) mass is 442 g/mol. The van der Waals surface area contributed by atoms with Gasteiger partial charge in [0.15, 0.2) is 5.60 Å². The summed E-state index contributed by atoms with van der Waals surface area (Å²) in [5.41, 5.74) is -1.80. The first-order valence-electron chi connectivity index (χ1n) is 12.0. The van der Waals surface area contributed by atoms with Crippen molar-refractivity contribution in [3.05, 3.63) is 11.6 Å². The van der Waals surface area contributed by atoms with Crippen LogP contribution in [0.3, 0.4) is 0 Å². The van der Waals surface area contributed by atoms with E-state index in [1.165, 1.54) is 0 Å². The van der Waals surface area contributed by atoms with Crippen molar-refractivity contribution in [2.24, 2.45) is 40.4 Å². The fourth-order valence-corrected chi connectivity index (χ4v) is 8.42. The number of carbonyl (C=O) groups is 1. The molecule has 0 aromatic rings. The zero-order valence-corrected chi connectivity index (χ0v) is 19.0. The van der Waals surface area contributed by atoms with E-state index in [0.29, 0.717) is 42.4 Å². The van der Waals surface area contributed by atoms with Gasteiger partial charge in [-0.15, -0.1) is 0 Å². The highest BCUT2D eigenvalue weighted by atomic mass is 19.4. The second kappa shape index (κ2) is 7.50. The third kappa shape index (κ3) is 3.55. The average molecular weight is 443 g/mol. The summed E-state index contributed by atoms with van der Waals surface area (Å²) in [6.45, 7) is 6.75. The first-order chi connectivity index (χ1) is 14.3. The Labute approximate surface area is 183 Å². The maximum atomic E-state index is 13.5. The van der Waals surface area contributed by atoms with Crippen LogP contribution in [-0.2, 0) is 4.79 Å². The Hall–Kier alpha value is -1.04. The van der Waals surface area contributed by atoms with Gasteiger partial charge in [-0.1, -0.05) is 32.4 Å². The molecule has 4 rings (SSSR count). The summed E-state index contributed by atoms with van der Waals surface area (Å²) < 4.78 is 40.5. The Morgan fingerprint density at radius 1 is 1.16 bits per heavy atom. The van der Waals surface area contributed by atoms with Crippen LogP contribution < -0.4 is 0 Å². The van der Waals surface area contributed by atoms with Crippen LogP contribution in [0.25, 0.3) is 0 Å². The average Bonchev–Trinajstić information content (AvgIpc) is 3.03. The van der Waals surface area contributed by atoms with Gasteiger partial charge in [0.1, 0.15) is 0 Å². The van der Waals surface area contributed by atoms with Crippen molar-refractivity contribution in [2.45, 2.75) is 96.8 Å². The molecule has 3 nitrogen and oxygen atoms in total. The summed E-state index contributed by atoms with van der Waals surface area (Å²) in [5, 5.41) is 19.4. The van der Waals surface area contributed by atoms with Crippen LogP contribution in [0.5, 0.6) is 0 Å². The largest absolute Gasteiger partial charge is 0.481 e. The molecule has 0 aromatic carbocycles. The smallest absolute Gasteiger partial charge is 0.417 e. The molecule has 0 amide bonds. The van der Waals surface area contributed by atoms with Gasteiger partial charge in [0.05, 0.1) is 0 Å². The molecule has 0 aromatic heterocycles. The minimum atomic E-state index is -4.58. The Balaban J connectivity index is 1.55. The summed E-state index contributed by atoms with van der Waals surface area (Å²) in [6.07, 6.45) is 3.52. The van der Waals surface area contributed by atoms with Gasteiger partial charge in [-0.3, -0.25) is 4.79 Å². The maximum absolute atomic E-state index is 13.5. The molecule has 0 saturated heterocycles. The van der Waals surface area contributed by atoms with Gasteiger partial charge < -0.3 is 10.2 Å². The molecule has 0 unspecified atom stereocenters. The van der Waals surface area contributed by atoms with Gasteiger partial charge in [-0.25, -0.2) is 0 Å². The van der Waals surface area contributed by atoms with Crippen LogP contribution >= 0.6 is 0 Å². The standard InChI is InChI=1S/C25H37F3O3/c1-15(4-9-21(29)30)18-7-8-19-17-6-5-16-14-24(31,25(26,27)28)13-12-22(16,2)20(17)10-11-23(18,19)3/h5,15,17-20,31H,4,6-14H2,1-3H3,(H,29,30)/t15-,17+,18-,19+,20+,22+,23-,24+/m1/s1. The van der Waals surface area contributed by atoms with E-state index in [0.717, 1.165) is 37.7 Å². The lowest BCUT2D eigenvalue weighted by Gasteiger charge is -2.59. The number of hydrogen-bond donors (Lipinski definition) is 2. The highest BCUT2D eigenvalue weighted by molar-refractivity contribution is 5.66. The second-order valence-electron chi connectivity index (χ2n) is 11.6. The Morgan fingerprint density at radius 2 is 1.87 bits per heavy atom. The second-order valence-corrected chi connectivity index (χ2v) is 11.6. The van der Waals surface area contributed by atoms with E-state index in [9.17, 15) is 23.1 Å². The zero-order chi connectivity index (χ0) is 22.8. The van der Waals surface area contributed by atoms with Gasteiger partial charge in [-0.05, 0) is 91.8 Å². The fourth-order valence-electron chi connectivity index (χ4n) is 8.42. The van der Waals surface area contributed by atoms with E-state index in [1.807, 2.05) is 6.08 Å². The van der Waals surface area contributed by atoms with E-state index < -0.39 is 17.7 Å². The molecule has 3 saturated carbocycles. The number of fused-ring (bicyclic) bond motifs is 5. The molecule has 8 atom stereocenters. The number of alkyl halides is 3. The molecule has 4 aliphatic rings. The SMILES string of the molecule is C[C@H](CCC(=O)O)[C@H]1CC[C@H]2[C@@H]3CC=C4C[C@](O)(C(F)(F)F)CC[C@]4(C)[C@H]3CC[C@]12C. The van der Waals surface area contributed by atoms with E-state index in [2.05, 4.69) is 20.8 Å². The van der Waals surface area contributed by atoms with Gasteiger partial charge in [0.2, 0.25) is 0 Å². The number of allylic oxidation sites excluding steroid dienone is 1. The Kier molecular flexibility index (Phi) is 5.59. The number of carboxylic acid groups (broad SMARTS) is 1. The lowest BCUT2D eigenvalue weighted by Crippen LogP contribution is -2.55. The fraction of sp³-hybridized carbons (Fsp3) is 0.880. The molecule has 176 valence electrons. The minimum absolute atomic E-state index is 0.197. The number of hydrogen-bond acceptors (Lipinski definition) is 2. The summed E-state index contributed by atoms with van der Waals surface area (Å²) in [5.74, 6) is 1.60. The quantitative estimate of drug-likeness (QED) is 0.498. The lowest BCUT2D eigenvalue weighted by molar-refractivity contribution is -0.271. The van der Waals surface area contributed by atoms with E-state index in [1.54, 1.807) is 0 Å². The summed E-state index contributed by atoms with van der Waals surface area (Å²) in [4.78, 5) is 11.1. The lowest BCUT2D eigenvalue weighted by atomic mass is 9.46. The maximum Gasteiger partial charge on any atom is 0.417 e. The number of aliphatic hydroxyl groups is 1.